The zero-order valence-corrected chi connectivity index (χ0v) is 10.2. The lowest BCUT2D eigenvalue weighted by atomic mass is 10.2. The standard InChI is InChI=1S/C13H10N2O5/c16-12-11(2-1-7-14-12)13(17)20-8-9-3-5-10(6-4-9)15(18)19/h1-7H,8H2,(H,14,16). The molecule has 0 spiro atoms. The van der Waals surface area contributed by atoms with E-state index in [0.29, 0.717) is 5.56 Å². The van der Waals surface area contributed by atoms with Gasteiger partial charge in [-0.05, 0) is 29.8 Å². The zero-order valence-electron chi connectivity index (χ0n) is 10.2. The molecule has 102 valence electrons. The molecule has 0 fully saturated rings. The van der Waals surface area contributed by atoms with E-state index in [0.717, 1.165) is 0 Å². The summed E-state index contributed by atoms with van der Waals surface area (Å²) in [4.78, 5) is 35.4. The predicted octanol–water partition coefficient (Wildman–Crippen LogP) is 1.64. The maximum Gasteiger partial charge on any atom is 0.344 e. The Morgan fingerprint density at radius 1 is 1.25 bits per heavy atom. The van der Waals surface area contributed by atoms with Crippen LogP contribution in [-0.4, -0.2) is 15.9 Å². The third-order valence-corrected chi connectivity index (χ3v) is 2.56. The fourth-order valence-electron chi connectivity index (χ4n) is 1.52. The van der Waals surface area contributed by atoms with E-state index in [1.54, 1.807) is 0 Å². The summed E-state index contributed by atoms with van der Waals surface area (Å²) in [6.07, 6.45) is 1.41. The van der Waals surface area contributed by atoms with Crippen molar-refractivity contribution in [2.75, 3.05) is 0 Å². The topological polar surface area (TPSA) is 102 Å². The number of carbonyl (C=O) groups excluding carboxylic acids is 1. The number of ether oxygens (including phenoxy) is 1. The highest BCUT2D eigenvalue weighted by Gasteiger charge is 2.11. The van der Waals surface area contributed by atoms with Gasteiger partial charge in [0.05, 0.1) is 4.92 Å². The van der Waals surface area contributed by atoms with E-state index in [9.17, 15) is 19.7 Å². The van der Waals surface area contributed by atoms with Gasteiger partial charge in [0.1, 0.15) is 12.2 Å². The number of esters is 1. The second kappa shape index (κ2) is 5.79. The molecule has 0 saturated heterocycles. The largest absolute Gasteiger partial charge is 0.457 e. The lowest BCUT2D eigenvalue weighted by molar-refractivity contribution is -0.384. The Hall–Kier alpha value is -2.96. The second-order valence-corrected chi connectivity index (χ2v) is 3.91. The van der Waals surface area contributed by atoms with E-state index in [1.807, 2.05) is 0 Å². The summed E-state index contributed by atoms with van der Waals surface area (Å²) in [5.74, 6) is -0.745. The fourth-order valence-corrected chi connectivity index (χ4v) is 1.52. The van der Waals surface area contributed by atoms with Crippen LogP contribution in [0.15, 0.2) is 47.4 Å². The first-order chi connectivity index (χ1) is 9.58. The van der Waals surface area contributed by atoms with Gasteiger partial charge < -0.3 is 9.72 Å². The summed E-state index contributed by atoms with van der Waals surface area (Å²) in [7, 11) is 0. The van der Waals surface area contributed by atoms with E-state index >= 15 is 0 Å². The van der Waals surface area contributed by atoms with Crippen LogP contribution in [-0.2, 0) is 11.3 Å². The number of benzene rings is 1. The minimum Gasteiger partial charge on any atom is -0.457 e. The molecule has 0 aliphatic carbocycles. The monoisotopic (exact) mass is 274 g/mol. The average Bonchev–Trinajstić information content (AvgIpc) is 2.45. The Morgan fingerprint density at radius 2 is 1.95 bits per heavy atom. The molecule has 0 amide bonds. The third-order valence-electron chi connectivity index (χ3n) is 2.56. The summed E-state index contributed by atoms with van der Waals surface area (Å²) in [5, 5.41) is 10.5. The molecule has 1 heterocycles. The normalized spacial score (nSPS) is 10.0. The van der Waals surface area contributed by atoms with Gasteiger partial charge in [0.15, 0.2) is 0 Å². The molecule has 1 aromatic carbocycles. The van der Waals surface area contributed by atoms with Crippen LogP contribution in [0.4, 0.5) is 5.69 Å². The van der Waals surface area contributed by atoms with Gasteiger partial charge in [-0.25, -0.2) is 4.79 Å². The Bertz CT molecular complexity index is 690. The SMILES string of the molecule is O=C(OCc1ccc([N+](=O)[O-])cc1)c1ccc[nH]c1=O. The van der Waals surface area contributed by atoms with E-state index in [-0.39, 0.29) is 17.9 Å². The highest BCUT2D eigenvalue weighted by Crippen LogP contribution is 2.12. The van der Waals surface area contributed by atoms with Crippen molar-refractivity contribution in [3.63, 3.8) is 0 Å². The van der Waals surface area contributed by atoms with Crippen molar-refractivity contribution in [2.24, 2.45) is 0 Å². The van der Waals surface area contributed by atoms with Crippen LogP contribution >= 0.6 is 0 Å². The molecule has 0 saturated carbocycles. The van der Waals surface area contributed by atoms with Crippen molar-refractivity contribution in [3.05, 3.63) is 74.2 Å². The van der Waals surface area contributed by atoms with Gasteiger partial charge >= 0.3 is 5.97 Å². The number of rotatable bonds is 4. The van der Waals surface area contributed by atoms with Gasteiger partial charge in [-0.3, -0.25) is 14.9 Å². The quantitative estimate of drug-likeness (QED) is 0.518. The fraction of sp³-hybridized carbons (Fsp3) is 0.0769. The number of nitro benzene ring substituents is 1. The van der Waals surface area contributed by atoms with Crippen molar-refractivity contribution >= 4 is 11.7 Å². The van der Waals surface area contributed by atoms with Crippen LogP contribution in [0.1, 0.15) is 15.9 Å². The Labute approximate surface area is 113 Å². The van der Waals surface area contributed by atoms with Gasteiger partial charge in [-0.2, -0.15) is 0 Å². The molecule has 0 atom stereocenters. The lowest BCUT2D eigenvalue weighted by Gasteiger charge is -2.04. The number of non-ortho nitro benzene ring substituents is 1. The molecule has 7 heteroatoms. The number of aromatic nitrogens is 1. The molecule has 2 aromatic rings. The average molecular weight is 274 g/mol. The predicted molar refractivity (Wildman–Crippen MR) is 69.3 cm³/mol. The Morgan fingerprint density at radius 3 is 2.55 bits per heavy atom. The lowest BCUT2D eigenvalue weighted by Crippen LogP contribution is -2.18. The van der Waals surface area contributed by atoms with Crippen molar-refractivity contribution in [1.29, 1.82) is 0 Å². The number of nitro groups is 1. The Kier molecular flexibility index (Phi) is 3.90. The molecule has 1 N–H and O–H groups in total. The molecule has 20 heavy (non-hydrogen) atoms. The Balaban J connectivity index is 2.02. The maximum absolute atomic E-state index is 11.7. The summed E-state index contributed by atoms with van der Waals surface area (Å²) in [6.45, 7) is -0.0643. The number of nitrogens with one attached hydrogen (secondary N) is 1. The number of H-pyrrole nitrogens is 1. The number of carbonyl (C=O) groups is 1. The first kappa shape index (κ1) is 13.5. The van der Waals surface area contributed by atoms with Crippen LogP contribution in [0, 0.1) is 10.1 Å². The molecule has 7 nitrogen and oxygen atoms in total. The van der Waals surface area contributed by atoms with Crippen LogP contribution < -0.4 is 5.56 Å². The smallest absolute Gasteiger partial charge is 0.344 e. The first-order valence-corrected chi connectivity index (χ1v) is 5.66. The van der Waals surface area contributed by atoms with Crippen molar-refractivity contribution in [1.82, 2.24) is 4.98 Å². The molecule has 1 aromatic heterocycles. The van der Waals surface area contributed by atoms with Gasteiger partial charge in [0, 0.05) is 18.3 Å². The summed E-state index contributed by atoms with van der Waals surface area (Å²) < 4.78 is 4.97. The van der Waals surface area contributed by atoms with E-state index in [2.05, 4.69) is 4.98 Å². The number of aromatic amines is 1. The van der Waals surface area contributed by atoms with Crippen molar-refractivity contribution in [3.8, 4) is 0 Å². The van der Waals surface area contributed by atoms with E-state index < -0.39 is 16.5 Å². The molecule has 0 aliphatic rings. The molecular formula is C13H10N2O5. The molecular weight excluding hydrogens is 264 g/mol. The van der Waals surface area contributed by atoms with Crippen molar-refractivity contribution < 1.29 is 14.5 Å². The maximum atomic E-state index is 11.7. The summed E-state index contributed by atoms with van der Waals surface area (Å²) >= 11 is 0. The highest BCUT2D eigenvalue weighted by atomic mass is 16.6. The minimum absolute atomic E-state index is 0.0421. The highest BCUT2D eigenvalue weighted by molar-refractivity contribution is 5.88. The molecule has 0 bridgehead atoms. The van der Waals surface area contributed by atoms with Crippen LogP contribution in [0.25, 0.3) is 0 Å². The molecule has 2 rings (SSSR count). The molecule has 0 aliphatic heterocycles. The van der Waals surface area contributed by atoms with E-state index in [1.165, 1.54) is 42.6 Å². The van der Waals surface area contributed by atoms with Crippen LogP contribution in [0.2, 0.25) is 0 Å². The first-order valence-electron chi connectivity index (χ1n) is 5.66. The second-order valence-electron chi connectivity index (χ2n) is 3.91. The number of hydrogen-bond donors (Lipinski definition) is 1. The molecule has 0 unspecified atom stereocenters. The molecule has 0 radical (unpaired) electrons. The van der Waals surface area contributed by atoms with Crippen molar-refractivity contribution in [2.45, 2.75) is 6.61 Å². The zero-order chi connectivity index (χ0) is 14.5. The number of hydrogen-bond acceptors (Lipinski definition) is 5. The van der Waals surface area contributed by atoms with Gasteiger partial charge in [0.25, 0.3) is 11.2 Å². The van der Waals surface area contributed by atoms with Gasteiger partial charge in [0.2, 0.25) is 0 Å². The van der Waals surface area contributed by atoms with Gasteiger partial charge in [-0.15, -0.1) is 0 Å². The summed E-state index contributed by atoms with van der Waals surface area (Å²) in [5.41, 5.74) is -0.0634. The number of pyridine rings is 1. The van der Waals surface area contributed by atoms with Crippen LogP contribution in [0.5, 0.6) is 0 Å². The minimum atomic E-state index is -0.745. The number of nitrogens with zero attached hydrogens (tertiary/aromatic N) is 1. The van der Waals surface area contributed by atoms with Crippen LogP contribution in [0.3, 0.4) is 0 Å². The van der Waals surface area contributed by atoms with E-state index in [4.69, 9.17) is 4.74 Å². The van der Waals surface area contributed by atoms with Gasteiger partial charge in [-0.1, -0.05) is 0 Å². The third kappa shape index (κ3) is 3.08. The summed E-state index contributed by atoms with van der Waals surface area (Å²) in [6, 6.07) is 8.49.